The van der Waals surface area contributed by atoms with E-state index in [1.807, 2.05) is 73.4 Å². The molecule has 5 aromatic carbocycles. The Morgan fingerprint density at radius 1 is 0.538 bits per heavy atom. The number of aliphatic hydroxyl groups excluding tert-OH is 3. The highest BCUT2D eigenvalue weighted by Gasteiger charge is 2.48. The van der Waals surface area contributed by atoms with E-state index in [9.17, 15) is 34.5 Å². The minimum absolute atomic E-state index is 0.0783. The van der Waals surface area contributed by atoms with Gasteiger partial charge in [0.1, 0.15) is 61.1 Å². The number of carboxylic acids is 1. The van der Waals surface area contributed by atoms with Gasteiger partial charge in [-0.15, -0.1) is 6.42 Å². The molecule has 0 aromatic heterocycles. The highest BCUT2D eigenvalue weighted by atomic mass is 16.7. The number of fused-ring (bicyclic) bond motifs is 4. The molecule has 0 spiro atoms. The molecule has 104 heavy (non-hydrogen) atoms. The first-order chi connectivity index (χ1) is 50.6. The Morgan fingerprint density at radius 2 is 1.02 bits per heavy atom. The first kappa shape index (κ1) is 78.5. The molecule has 5 aliphatic heterocycles. The maximum Gasteiger partial charge on any atom is 0.335 e. The summed E-state index contributed by atoms with van der Waals surface area (Å²) in [6.07, 6.45) is 10.2. The van der Waals surface area contributed by atoms with E-state index in [1.165, 1.54) is 25.1 Å². The van der Waals surface area contributed by atoms with Gasteiger partial charge in [0.2, 0.25) is 6.29 Å². The number of esters is 1. The van der Waals surface area contributed by atoms with Crippen molar-refractivity contribution < 1.29 is 111 Å². The summed E-state index contributed by atoms with van der Waals surface area (Å²) in [7, 11) is 4.72. The molecule has 0 radical (unpaired) electrons. The van der Waals surface area contributed by atoms with E-state index in [0.29, 0.717) is 130 Å². The van der Waals surface area contributed by atoms with Crippen molar-refractivity contribution in [2.75, 3.05) is 114 Å². The van der Waals surface area contributed by atoms with Crippen LogP contribution in [0, 0.1) is 12.3 Å². The zero-order valence-corrected chi connectivity index (χ0v) is 59.2. The number of methoxy groups -OCH3 is 3. The number of carbonyl (C=O) groups excluding carboxylic acids is 3. The average molecular weight is 1440 g/mol. The lowest BCUT2D eigenvalue weighted by molar-refractivity contribution is -0.271. The largest absolute Gasteiger partial charge is 0.497 e. The molecule has 1 fully saturated rings. The van der Waals surface area contributed by atoms with Crippen molar-refractivity contribution in [1.29, 1.82) is 0 Å². The summed E-state index contributed by atoms with van der Waals surface area (Å²) in [5.74, 6) is 3.55. The van der Waals surface area contributed by atoms with Gasteiger partial charge >= 0.3 is 11.9 Å². The molecule has 7 atom stereocenters. The number of aliphatic hydroxyl groups is 3. The summed E-state index contributed by atoms with van der Waals surface area (Å²) in [6, 6.07) is 26.4. The van der Waals surface area contributed by atoms with Crippen LogP contribution < -0.4 is 37.9 Å². The van der Waals surface area contributed by atoms with Gasteiger partial charge in [-0.1, -0.05) is 37.1 Å². The highest BCUT2D eigenvalue weighted by molar-refractivity contribution is 6.06. The van der Waals surface area contributed by atoms with Crippen LogP contribution in [0.25, 0.3) is 11.1 Å². The van der Waals surface area contributed by atoms with Crippen molar-refractivity contribution in [3.8, 4) is 58.3 Å². The third-order valence-electron chi connectivity index (χ3n) is 16.9. The molecular weight excluding hydrogens is 1350 g/mol. The Labute approximate surface area is 604 Å². The smallest absolute Gasteiger partial charge is 0.335 e. The van der Waals surface area contributed by atoms with Crippen LogP contribution in [0.15, 0.2) is 113 Å². The number of aliphatic imine (C=N–C) groups is 2. The second-order valence-electron chi connectivity index (χ2n) is 24.4. The molecule has 2 unspecified atom stereocenters. The molecule has 5 aromatic rings. The second kappa shape index (κ2) is 40.5. The average Bonchev–Trinajstić information content (AvgIpc) is 1.62. The van der Waals surface area contributed by atoms with Crippen LogP contribution in [0.2, 0.25) is 0 Å². The maximum absolute atomic E-state index is 14.0. The van der Waals surface area contributed by atoms with E-state index in [4.69, 9.17) is 92.6 Å². The topological polar surface area (TPSA) is 319 Å². The molecule has 5 heterocycles. The minimum Gasteiger partial charge on any atom is -0.497 e. The van der Waals surface area contributed by atoms with Crippen LogP contribution in [-0.2, 0) is 49.4 Å². The van der Waals surface area contributed by atoms with E-state index >= 15 is 0 Å². The molecule has 27 heteroatoms. The lowest BCUT2D eigenvalue weighted by atomic mass is 9.99. The zero-order valence-electron chi connectivity index (χ0n) is 59.2. The predicted molar refractivity (Wildman–Crippen MR) is 382 cm³/mol. The fourth-order valence-electron chi connectivity index (χ4n) is 11.5. The molecule has 0 bridgehead atoms. The Balaban J connectivity index is 0.000000375. The predicted octanol–water partition coefficient (Wildman–Crippen LogP) is 8.97. The van der Waals surface area contributed by atoms with E-state index in [1.54, 1.807) is 55.4 Å². The van der Waals surface area contributed by atoms with Crippen molar-refractivity contribution in [3.05, 3.63) is 131 Å². The van der Waals surface area contributed by atoms with Crippen LogP contribution in [0.3, 0.4) is 0 Å². The van der Waals surface area contributed by atoms with Crippen LogP contribution >= 0.6 is 0 Å². The Morgan fingerprint density at radius 3 is 1.49 bits per heavy atom. The van der Waals surface area contributed by atoms with Gasteiger partial charge in [-0.2, -0.15) is 0 Å². The Hall–Kier alpha value is -9.60. The van der Waals surface area contributed by atoms with Gasteiger partial charge in [0.25, 0.3) is 11.8 Å². The van der Waals surface area contributed by atoms with Gasteiger partial charge in [0.15, 0.2) is 29.1 Å². The van der Waals surface area contributed by atoms with Gasteiger partial charge in [-0.05, 0) is 103 Å². The van der Waals surface area contributed by atoms with Crippen LogP contribution in [-0.4, -0.2) is 223 Å². The monoisotopic (exact) mass is 1440 g/mol. The standard InChI is InChI=1S/C59H72N4O13.C18H20O10/c1-5-19-69-20-6-21-70-22-7-23-71-24-8-25-72-26-9-27-73-30-31-74-49-17-13-43(14-18-49)45-33-47-39-61-53-37-57(55(68-4)35-51(53)59(65)63(47)41-45)76-29-10-28-75-56-36-52-50(34-54(56)67-3)58(64)62-40-44(32-46(62)38-60-52)42-11-15-48(66-2)16-12-42;1-3-6-25-12-7-11(5-4-10(12)8-26-9(2)19)27-18-15(22)13(20)14(21)16(28-18)17(23)24/h11-18,34-41,46-47H,5-10,19-33H2,1-4H3;1,4-5,7,13-16,18,20-22H,6,8H2,2H3,(H,23,24)/t;13-,14-,15+,16-,18+/m.0/s1. The summed E-state index contributed by atoms with van der Waals surface area (Å²) in [5, 5.41) is 38.6. The van der Waals surface area contributed by atoms with E-state index in [2.05, 4.69) is 12.8 Å². The molecule has 0 saturated carbocycles. The van der Waals surface area contributed by atoms with Crippen molar-refractivity contribution in [3.63, 3.8) is 0 Å². The summed E-state index contributed by atoms with van der Waals surface area (Å²) < 4.78 is 83.9. The van der Waals surface area contributed by atoms with Crippen molar-refractivity contribution in [2.45, 2.75) is 115 Å². The molecular formula is C77H92N4O23. The summed E-state index contributed by atoms with van der Waals surface area (Å²) in [5.41, 5.74) is 6.44. The van der Waals surface area contributed by atoms with Gasteiger partial charge in [-0.25, -0.2) is 4.79 Å². The van der Waals surface area contributed by atoms with E-state index in [0.717, 1.165) is 85.7 Å². The lowest BCUT2D eigenvalue weighted by Gasteiger charge is -2.38. The van der Waals surface area contributed by atoms with E-state index in [-0.39, 0.29) is 55.2 Å². The number of rotatable bonds is 40. The summed E-state index contributed by atoms with van der Waals surface area (Å²) in [6.45, 7) is 11.0. The number of hydrogen-bond acceptors (Lipinski definition) is 24. The number of ether oxygens (including phenoxy) is 15. The molecule has 27 nitrogen and oxygen atoms in total. The first-order valence-electron chi connectivity index (χ1n) is 34.6. The zero-order chi connectivity index (χ0) is 73.7. The van der Waals surface area contributed by atoms with E-state index < -0.39 is 42.6 Å². The fourth-order valence-corrected chi connectivity index (χ4v) is 11.5. The number of hydrogen-bond donors (Lipinski definition) is 4. The SMILES string of the molecule is C#CCOc1cc(O[C@@H]2O[C@H](C(=O)O)[C@@H](O)[C@H](O)[C@H]2O)ccc1COC(C)=O.CCCOCCCOCCCOCCCOCCCOCCOc1ccc(C2=CN3C(=O)c4cc(OC)c(OCCCOc5cc6c(cc5OC)C(=O)N5C=C(c7ccc(OC)cc7)CC5C=N6)cc4N=CC3C2)cc1. The molecule has 5 aliphatic rings. The van der Waals surface area contributed by atoms with Crippen LogP contribution in [0.4, 0.5) is 11.4 Å². The van der Waals surface area contributed by atoms with Gasteiger partial charge in [-0.3, -0.25) is 24.4 Å². The maximum atomic E-state index is 14.0. The second-order valence-corrected chi connectivity index (χ2v) is 24.4. The number of terminal acetylenes is 1. The fraction of sp³-hybridized carbons (Fsp3) is 0.455. The number of carboxylic acid groups (broad SMARTS) is 1. The van der Waals surface area contributed by atoms with Gasteiger partial charge < -0.3 is 101 Å². The summed E-state index contributed by atoms with van der Waals surface area (Å²) >= 11 is 0. The highest BCUT2D eigenvalue weighted by Crippen LogP contribution is 2.43. The number of carbonyl (C=O) groups is 4. The lowest BCUT2D eigenvalue weighted by Crippen LogP contribution is -2.61. The minimum atomic E-state index is -1.83. The van der Waals surface area contributed by atoms with Gasteiger partial charge in [0.05, 0.1) is 75.7 Å². The van der Waals surface area contributed by atoms with Crippen molar-refractivity contribution in [2.24, 2.45) is 9.98 Å². The first-order valence-corrected chi connectivity index (χ1v) is 34.6. The molecule has 2 amide bonds. The molecule has 0 aliphatic carbocycles. The molecule has 10 rings (SSSR count). The number of aliphatic carboxylic acids is 1. The Kier molecular flexibility index (Phi) is 30.5. The number of benzene rings is 5. The third-order valence-corrected chi connectivity index (χ3v) is 16.9. The third kappa shape index (κ3) is 22.0. The van der Waals surface area contributed by atoms with Crippen molar-refractivity contribution in [1.82, 2.24) is 9.80 Å². The molecule has 558 valence electrons. The molecule has 1 saturated heterocycles. The van der Waals surface area contributed by atoms with Gasteiger partial charge in [0, 0.05) is 134 Å². The normalized spacial score (nSPS) is 19.1. The molecule has 4 N–H and O–H groups in total. The van der Waals surface area contributed by atoms with Crippen LogP contribution in [0.1, 0.15) is 103 Å². The summed E-state index contributed by atoms with van der Waals surface area (Å²) in [4.78, 5) is 62.9. The number of nitrogens with zero attached hydrogens (tertiary/aromatic N) is 4. The Bertz CT molecular complexity index is 3820. The number of amides is 2. The van der Waals surface area contributed by atoms with Crippen molar-refractivity contribution >= 4 is 58.7 Å². The van der Waals surface area contributed by atoms with Crippen LogP contribution in [0.5, 0.6) is 46.0 Å². The quantitative estimate of drug-likeness (QED) is 0.0161.